The number of ether oxygens (including phenoxy) is 1. The van der Waals surface area contributed by atoms with Crippen LogP contribution in [0.1, 0.15) is 21.3 Å². The van der Waals surface area contributed by atoms with Crippen LogP contribution < -0.4 is 10.1 Å². The molecule has 0 fully saturated rings. The molecule has 0 aliphatic heterocycles. The second kappa shape index (κ2) is 9.24. The van der Waals surface area contributed by atoms with Gasteiger partial charge in [0.15, 0.2) is 9.84 Å². The third-order valence-electron chi connectivity index (χ3n) is 4.59. The quantitative estimate of drug-likeness (QED) is 0.589. The zero-order valence-corrected chi connectivity index (χ0v) is 17.9. The van der Waals surface area contributed by atoms with Crippen molar-refractivity contribution in [1.82, 2.24) is 5.32 Å². The van der Waals surface area contributed by atoms with Gasteiger partial charge in [0.1, 0.15) is 11.0 Å². The lowest BCUT2D eigenvalue weighted by molar-refractivity contribution is -0.120. The molecule has 0 radical (unpaired) electrons. The molecule has 1 heterocycles. The molecule has 0 spiro atoms. The number of methoxy groups -OCH3 is 1. The van der Waals surface area contributed by atoms with Gasteiger partial charge in [0.05, 0.1) is 18.4 Å². The lowest BCUT2D eigenvalue weighted by Crippen LogP contribution is -2.32. The minimum Gasteiger partial charge on any atom is -0.497 e. The van der Waals surface area contributed by atoms with E-state index in [0.29, 0.717) is 4.88 Å². The van der Waals surface area contributed by atoms with Gasteiger partial charge in [0.25, 0.3) is 0 Å². The Morgan fingerprint density at radius 2 is 1.76 bits per heavy atom. The topological polar surface area (TPSA) is 72.5 Å². The third kappa shape index (κ3) is 5.25. The number of sulfone groups is 1. The molecule has 0 aliphatic rings. The number of benzene rings is 2. The summed E-state index contributed by atoms with van der Waals surface area (Å²) in [5.74, 6) is 0.493. The van der Waals surface area contributed by atoms with Gasteiger partial charge in [-0.2, -0.15) is 0 Å². The SMILES string of the molecule is COc1ccc(CC(=O)NC[C@H](c2cccs2)S(=O)(=O)c2ccc(C)cc2)cc1. The first-order chi connectivity index (χ1) is 13.9. The number of carbonyl (C=O) groups excluding carboxylic acids is 1. The largest absolute Gasteiger partial charge is 0.497 e. The molecule has 7 heteroatoms. The monoisotopic (exact) mass is 429 g/mol. The second-order valence-corrected chi connectivity index (χ2v) is 9.80. The van der Waals surface area contributed by atoms with E-state index in [1.54, 1.807) is 49.6 Å². The van der Waals surface area contributed by atoms with E-state index < -0.39 is 15.1 Å². The van der Waals surface area contributed by atoms with E-state index in [2.05, 4.69) is 5.32 Å². The minimum atomic E-state index is -3.64. The summed E-state index contributed by atoms with van der Waals surface area (Å²) in [6, 6.07) is 17.6. The Balaban J connectivity index is 1.74. The molecule has 29 heavy (non-hydrogen) atoms. The van der Waals surface area contributed by atoms with E-state index in [0.717, 1.165) is 16.9 Å². The number of hydrogen-bond acceptors (Lipinski definition) is 5. The van der Waals surface area contributed by atoms with Gasteiger partial charge in [-0.1, -0.05) is 35.9 Å². The van der Waals surface area contributed by atoms with Crippen molar-refractivity contribution in [2.45, 2.75) is 23.5 Å². The summed E-state index contributed by atoms with van der Waals surface area (Å²) in [6.45, 7) is 1.93. The molecule has 0 saturated heterocycles. The fourth-order valence-corrected chi connectivity index (χ4v) is 5.71. The van der Waals surface area contributed by atoms with Gasteiger partial charge in [-0.05, 0) is 48.2 Å². The van der Waals surface area contributed by atoms with Crippen LogP contribution in [0.25, 0.3) is 0 Å². The van der Waals surface area contributed by atoms with Crippen molar-refractivity contribution in [3.63, 3.8) is 0 Å². The standard InChI is InChI=1S/C22H23NO4S2/c1-16-5-11-19(12-6-16)29(25,26)21(20-4-3-13-28-20)15-23-22(24)14-17-7-9-18(27-2)10-8-17/h3-13,21H,14-15H2,1-2H3,(H,23,24)/t21-/m1/s1. The molecule has 5 nitrogen and oxygen atoms in total. The molecular formula is C22H23NO4S2. The van der Waals surface area contributed by atoms with Crippen molar-refractivity contribution in [1.29, 1.82) is 0 Å². The van der Waals surface area contributed by atoms with Crippen LogP contribution in [-0.4, -0.2) is 28.0 Å². The predicted molar refractivity (Wildman–Crippen MR) is 115 cm³/mol. The van der Waals surface area contributed by atoms with Crippen LogP contribution in [0.3, 0.4) is 0 Å². The number of thiophene rings is 1. The summed E-state index contributed by atoms with van der Waals surface area (Å²) in [5.41, 5.74) is 1.82. The average molecular weight is 430 g/mol. The Morgan fingerprint density at radius 3 is 2.34 bits per heavy atom. The maximum Gasteiger partial charge on any atom is 0.224 e. The number of aryl methyl sites for hydroxylation is 1. The first kappa shape index (κ1) is 21.1. The number of carbonyl (C=O) groups is 1. The van der Waals surface area contributed by atoms with Crippen molar-refractivity contribution >= 4 is 27.1 Å². The van der Waals surface area contributed by atoms with Crippen LogP contribution in [0.15, 0.2) is 70.9 Å². The summed E-state index contributed by atoms with van der Waals surface area (Å²) in [5, 5.41) is 3.80. The Bertz CT molecular complexity index is 1040. The van der Waals surface area contributed by atoms with E-state index in [-0.39, 0.29) is 23.8 Å². The van der Waals surface area contributed by atoms with Gasteiger partial charge in [-0.25, -0.2) is 8.42 Å². The molecule has 0 saturated carbocycles. The molecule has 0 aliphatic carbocycles. The van der Waals surface area contributed by atoms with Gasteiger partial charge in [-0.15, -0.1) is 11.3 Å². The molecule has 1 amide bonds. The Kier molecular flexibility index (Phi) is 6.71. The van der Waals surface area contributed by atoms with E-state index in [4.69, 9.17) is 4.74 Å². The van der Waals surface area contributed by atoms with Gasteiger partial charge in [0, 0.05) is 11.4 Å². The van der Waals surface area contributed by atoms with Crippen LogP contribution in [-0.2, 0) is 21.1 Å². The average Bonchev–Trinajstić information content (AvgIpc) is 3.23. The van der Waals surface area contributed by atoms with Crippen LogP contribution in [0.4, 0.5) is 0 Å². The highest BCUT2D eigenvalue weighted by atomic mass is 32.2. The summed E-state index contributed by atoms with van der Waals surface area (Å²) < 4.78 is 31.6. The van der Waals surface area contributed by atoms with E-state index in [1.165, 1.54) is 11.3 Å². The Morgan fingerprint density at radius 1 is 1.07 bits per heavy atom. The lowest BCUT2D eigenvalue weighted by atomic mass is 10.1. The molecule has 0 bridgehead atoms. The maximum absolute atomic E-state index is 13.2. The van der Waals surface area contributed by atoms with E-state index in [9.17, 15) is 13.2 Å². The second-order valence-electron chi connectivity index (χ2n) is 6.69. The lowest BCUT2D eigenvalue weighted by Gasteiger charge is -2.18. The van der Waals surface area contributed by atoms with Crippen LogP contribution >= 0.6 is 11.3 Å². The van der Waals surface area contributed by atoms with Crippen molar-refractivity contribution in [2.24, 2.45) is 0 Å². The van der Waals surface area contributed by atoms with Crippen molar-refractivity contribution in [2.75, 3.05) is 13.7 Å². The minimum absolute atomic E-state index is 0.0196. The highest BCUT2D eigenvalue weighted by Crippen LogP contribution is 2.31. The summed E-state index contributed by atoms with van der Waals surface area (Å²) in [4.78, 5) is 13.4. The van der Waals surface area contributed by atoms with E-state index in [1.807, 2.05) is 30.5 Å². The van der Waals surface area contributed by atoms with Crippen LogP contribution in [0, 0.1) is 6.92 Å². The zero-order chi connectivity index (χ0) is 20.9. The molecule has 1 aromatic heterocycles. The molecular weight excluding hydrogens is 406 g/mol. The van der Waals surface area contributed by atoms with Gasteiger partial charge in [0.2, 0.25) is 5.91 Å². The Labute approximate surface area is 175 Å². The molecule has 1 N–H and O–H groups in total. The summed E-state index contributed by atoms with van der Waals surface area (Å²) in [7, 11) is -2.05. The van der Waals surface area contributed by atoms with Crippen molar-refractivity contribution in [3.05, 3.63) is 82.0 Å². The van der Waals surface area contributed by atoms with Gasteiger partial charge < -0.3 is 10.1 Å². The van der Waals surface area contributed by atoms with Crippen LogP contribution in [0.2, 0.25) is 0 Å². The van der Waals surface area contributed by atoms with Gasteiger partial charge in [-0.3, -0.25) is 4.79 Å². The number of rotatable bonds is 8. The Hall–Kier alpha value is -2.64. The summed E-state index contributed by atoms with van der Waals surface area (Å²) >= 11 is 1.37. The maximum atomic E-state index is 13.2. The normalized spacial score (nSPS) is 12.3. The number of nitrogens with one attached hydrogen (secondary N) is 1. The first-order valence-corrected chi connectivity index (χ1v) is 11.6. The molecule has 1 atom stereocenters. The third-order valence-corrected chi connectivity index (χ3v) is 7.83. The first-order valence-electron chi connectivity index (χ1n) is 9.14. The van der Waals surface area contributed by atoms with Gasteiger partial charge >= 0.3 is 0 Å². The molecule has 2 aromatic carbocycles. The fourth-order valence-electron chi connectivity index (χ4n) is 2.93. The molecule has 3 aromatic rings. The number of amides is 1. The predicted octanol–water partition coefficient (Wildman–Crippen LogP) is 3.94. The molecule has 152 valence electrons. The van der Waals surface area contributed by atoms with Crippen molar-refractivity contribution in [3.8, 4) is 5.75 Å². The van der Waals surface area contributed by atoms with Crippen LogP contribution in [0.5, 0.6) is 5.75 Å². The number of hydrogen-bond donors (Lipinski definition) is 1. The molecule has 3 rings (SSSR count). The van der Waals surface area contributed by atoms with Crippen molar-refractivity contribution < 1.29 is 17.9 Å². The zero-order valence-electron chi connectivity index (χ0n) is 16.3. The van der Waals surface area contributed by atoms with E-state index >= 15 is 0 Å². The fraction of sp³-hybridized carbons (Fsp3) is 0.227. The highest BCUT2D eigenvalue weighted by Gasteiger charge is 2.30. The molecule has 0 unspecified atom stereocenters. The highest BCUT2D eigenvalue weighted by molar-refractivity contribution is 7.91. The summed E-state index contributed by atoms with van der Waals surface area (Å²) in [6.07, 6.45) is 0.172. The smallest absolute Gasteiger partial charge is 0.224 e.